The van der Waals surface area contributed by atoms with Crippen molar-refractivity contribution in [2.24, 2.45) is 5.92 Å². The van der Waals surface area contributed by atoms with Crippen molar-refractivity contribution < 1.29 is 5.11 Å². The van der Waals surface area contributed by atoms with E-state index in [0.717, 1.165) is 29.8 Å². The second kappa shape index (κ2) is 5.19. The van der Waals surface area contributed by atoms with E-state index < -0.39 is 0 Å². The van der Waals surface area contributed by atoms with Crippen LogP contribution in [0.4, 0.5) is 11.4 Å². The summed E-state index contributed by atoms with van der Waals surface area (Å²) in [6, 6.07) is 5.90. The molecule has 18 heavy (non-hydrogen) atoms. The maximum Gasteiger partial charge on any atom is 0.0661 e. The first-order valence-electron chi connectivity index (χ1n) is 6.80. The Morgan fingerprint density at radius 2 is 2.28 bits per heavy atom. The number of nitrogens with two attached hydrogens (primary N) is 1. The summed E-state index contributed by atoms with van der Waals surface area (Å²) in [5.74, 6) is 0.674. The SMILES string of the molecule is Cc1cc(N)ccc1NC1(CO)CCCC(C)C1. The van der Waals surface area contributed by atoms with E-state index >= 15 is 0 Å². The summed E-state index contributed by atoms with van der Waals surface area (Å²) in [4.78, 5) is 0. The molecule has 0 aliphatic heterocycles. The standard InChI is InChI=1S/C15H24N2O/c1-11-4-3-7-15(9-11,10-18)17-14-6-5-13(16)8-12(14)2/h5-6,8,11,17-18H,3-4,7,9-10,16H2,1-2H3. The summed E-state index contributed by atoms with van der Waals surface area (Å²) in [7, 11) is 0. The van der Waals surface area contributed by atoms with Crippen LogP contribution in [0.1, 0.15) is 38.2 Å². The molecule has 2 unspecified atom stereocenters. The van der Waals surface area contributed by atoms with Gasteiger partial charge in [0.15, 0.2) is 0 Å². The van der Waals surface area contributed by atoms with Crippen molar-refractivity contribution in [2.45, 2.75) is 45.1 Å². The number of nitrogen functional groups attached to an aromatic ring is 1. The monoisotopic (exact) mass is 248 g/mol. The Morgan fingerprint density at radius 3 is 2.89 bits per heavy atom. The lowest BCUT2D eigenvalue weighted by atomic mass is 9.76. The van der Waals surface area contributed by atoms with Crippen molar-refractivity contribution in [2.75, 3.05) is 17.7 Å². The summed E-state index contributed by atoms with van der Waals surface area (Å²) < 4.78 is 0. The minimum absolute atomic E-state index is 0.154. The third-order valence-electron chi connectivity index (χ3n) is 4.04. The molecule has 0 radical (unpaired) electrons. The van der Waals surface area contributed by atoms with E-state index in [1.165, 1.54) is 12.8 Å². The Morgan fingerprint density at radius 1 is 1.50 bits per heavy atom. The van der Waals surface area contributed by atoms with Gasteiger partial charge in [0, 0.05) is 11.4 Å². The van der Waals surface area contributed by atoms with Gasteiger partial charge in [0.05, 0.1) is 12.1 Å². The molecular weight excluding hydrogens is 224 g/mol. The maximum atomic E-state index is 9.78. The molecule has 2 atom stereocenters. The zero-order valence-corrected chi connectivity index (χ0v) is 11.4. The highest BCUT2D eigenvalue weighted by Crippen LogP contribution is 2.35. The third-order valence-corrected chi connectivity index (χ3v) is 4.04. The van der Waals surface area contributed by atoms with Gasteiger partial charge in [-0.25, -0.2) is 0 Å². The van der Waals surface area contributed by atoms with E-state index in [9.17, 15) is 5.11 Å². The van der Waals surface area contributed by atoms with Crippen LogP contribution in [0.2, 0.25) is 0 Å². The van der Waals surface area contributed by atoms with Crippen molar-refractivity contribution in [3.05, 3.63) is 23.8 Å². The minimum atomic E-state index is -0.154. The van der Waals surface area contributed by atoms with Gasteiger partial charge in [0.2, 0.25) is 0 Å². The molecule has 0 saturated heterocycles. The van der Waals surface area contributed by atoms with Crippen molar-refractivity contribution in [3.63, 3.8) is 0 Å². The Labute approximate surface area is 109 Å². The van der Waals surface area contributed by atoms with Gasteiger partial charge in [-0.1, -0.05) is 19.8 Å². The smallest absolute Gasteiger partial charge is 0.0661 e. The topological polar surface area (TPSA) is 58.3 Å². The van der Waals surface area contributed by atoms with Gasteiger partial charge in [0.25, 0.3) is 0 Å². The lowest BCUT2D eigenvalue weighted by Gasteiger charge is -2.40. The normalized spacial score (nSPS) is 28.1. The first-order chi connectivity index (χ1) is 8.54. The van der Waals surface area contributed by atoms with Crippen LogP contribution in [-0.4, -0.2) is 17.3 Å². The molecule has 1 aliphatic carbocycles. The number of aliphatic hydroxyl groups excluding tert-OH is 1. The van der Waals surface area contributed by atoms with Crippen LogP contribution in [0.15, 0.2) is 18.2 Å². The van der Waals surface area contributed by atoms with Crippen LogP contribution in [0.25, 0.3) is 0 Å². The second-order valence-corrected chi connectivity index (χ2v) is 5.84. The summed E-state index contributed by atoms with van der Waals surface area (Å²) >= 11 is 0. The molecule has 2 rings (SSSR count). The zero-order valence-electron chi connectivity index (χ0n) is 11.4. The van der Waals surface area contributed by atoms with Crippen molar-refractivity contribution in [3.8, 4) is 0 Å². The third kappa shape index (κ3) is 2.78. The molecule has 0 amide bonds. The molecule has 0 heterocycles. The first kappa shape index (κ1) is 13.2. The minimum Gasteiger partial charge on any atom is -0.399 e. The fraction of sp³-hybridized carbons (Fsp3) is 0.600. The van der Waals surface area contributed by atoms with Gasteiger partial charge in [-0.3, -0.25) is 0 Å². The number of nitrogens with one attached hydrogen (secondary N) is 1. The number of hydrogen-bond donors (Lipinski definition) is 3. The number of aliphatic hydroxyl groups is 1. The average Bonchev–Trinajstić information content (AvgIpc) is 2.33. The fourth-order valence-corrected chi connectivity index (χ4v) is 3.07. The van der Waals surface area contributed by atoms with E-state index in [4.69, 9.17) is 5.73 Å². The highest BCUT2D eigenvalue weighted by molar-refractivity contribution is 5.58. The van der Waals surface area contributed by atoms with Gasteiger partial charge < -0.3 is 16.2 Å². The van der Waals surface area contributed by atoms with Crippen LogP contribution in [0, 0.1) is 12.8 Å². The van der Waals surface area contributed by atoms with Gasteiger partial charge in [-0.15, -0.1) is 0 Å². The molecule has 1 aromatic rings. The van der Waals surface area contributed by atoms with Crippen LogP contribution >= 0.6 is 0 Å². The molecule has 3 heteroatoms. The maximum absolute atomic E-state index is 9.78. The van der Waals surface area contributed by atoms with E-state index in [2.05, 4.69) is 19.2 Å². The van der Waals surface area contributed by atoms with Crippen molar-refractivity contribution in [1.29, 1.82) is 0 Å². The van der Waals surface area contributed by atoms with Gasteiger partial charge in [-0.2, -0.15) is 0 Å². The summed E-state index contributed by atoms with van der Waals surface area (Å²) in [6.07, 6.45) is 4.53. The largest absolute Gasteiger partial charge is 0.399 e. The van der Waals surface area contributed by atoms with Gasteiger partial charge in [-0.05, 0) is 49.4 Å². The van der Waals surface area contributed by atoms with Crippen LogP contribution in [0.3, 0.4) is 0 Å². The Bertz CT molecular complexity index is 419. The van der Waals surface area contributed by atoms with Crippen molar-refractivity contribution in [1.82, 2.24) is 0 Å². The van der Waals surface area contributed by atoms with Gasteiger partial charge in [0.1, 0.15) is 0 Å². The molecule has 1 aromatic carbocycles. The summed E-state index contributed by atoms with van der Waals surface area (Å²) in [5.41, 5.74) is 8.63. The number of benzene rings is 1. The molecule has 1 saturated carbocycles. The molecule has 1 fully saturated rings. The predicted octanol–water partition coefficient (Wildman–Crippen LogP) is 2.93. The molecule has 0 spiro atoms. The van der Waals surface area contributed by atoms with E-state index in [0.29, 0.717) is 5.92 Å². The molecule has 1 aliphatic rings. The van der Waals surface area contributed by atoms with Gasteiger partial charge >= 0.3 is 0 Å². The Balaban J connectivity index is 2.19. The Kier molecular flexibility index (Phi) is 3.81. The van der Waals surface area contributed by atoms with Crippen LogP contribution < -0.4 is 11.1 Å². The quantitative estimate of drug-likeness (QED) is 0.721. The number of anilines is 2. The second-order valence-electron chi connectivity index (χ2n) is 5.84. The predicted molar refractivity (Wildman–Crippen MR) is 76.7 cm³/mol. The van der Waals surface area contributed by atoms with E-state index in [1.807, 2.05) is 18.2 Å². The molecule has 0 aromatic heterocycles. The number of aryl methyl sites for hydroxylation is 1. The highest BCUT2D eigenvalue weighted by atomic mass is 16.3. The van der Waals surface area contributed by atoms with E-state index in [1.54, 1.807) is 0 Å². The lowest BCUT2D eigenvalue weighted by Crippen LogP contribution is -2.46. The van der Waals surface area contributed by atoms with Crippen molar-refractivity contribution >= 4 is 11.4 Å². The first-order valence-corrected chi connectivity index (χ1v) is 6.80. The molecular formula is C15H24N2O. The van der Waals surface area contributed by atoms with E-state index in [-0.39, 0.29) is 12.1 Å². The molecule has 0 bridgehead atoms. The summed E-state index contributed by atoms with van der Waals surface area (Å²) in [6.45, 7) is 4.51. The Hall–Kier alpha value is -1.22. The zero-order chi connectivity index (χ0) is 13.2. The number of rotatable bonds is 3. The van der Waals surface area contributed by atoms with Crippen LogP contribution in [-0.2, 0) is 0 Å². The molecule has 3 nitrogen and oxygen atoms in total. The summed E-state index contributed by atoms with van der Waals surface area (Å²) in [5, 5.41) is 13.3. The average molecular weight is 248 g/mol. The van der Waals surface area contributed by atoms with Crippen LogP contribution in [0.5, 0.6) is 0 Å². The molecule has 4 N–H and O–H groups in total. The lowest BCUT2D eigenvalue weighted by molar-refractivity contribution is 0.149. The fourth-order valence-electron chi connectivity index (χ4n) is 3.07. The number of hydrogen-bond acceptors (Lipinski definition) is 3. The molecule has 100 valence electrons. The highest BCUT2D eigenvalue weighted by Gasteiger charge is 2.34.